The average Bonchev–Trinajstić information content (AvgIpc) is 3.28. The predicted octanol–water partition coefficient (Wildman–Crippen LogP) is 17.4. The number of carbonyl (C=O) groups excluding carboxylic acids is 3. The van der Waals surface area contributed by atoms with Crippen LogP contribution in [-0.4, -0.2) is 37.2 Å². The first-order chi connectivity index (χ1) is 31.0. The highest BCUT2D eigenvalue weighted by Gasteiger charge is 2.19. The van der Waals surface area contributed by atoms with Gasteiger partial charge in [-0.3, -0.25) is 14.4 Å². The summed E-state index contributed by atoms with van der Waals surface area (Å²) in [7, 11) is 0. The molecule has 0 aromatic carbocycles. The molecular weight excluding hydrogens is 781 g/mol. The van der Waals surface area contributed by atoms with E-state index in [4.69, 9.17) is 14.2 Å². The largest absolute Gasteiger partial charge is 0.462 e. The summed E-state index contributed by atoms with van der Waals surface area (Å²) in [6, 6.07) is 0. The first-order valence-electron chi connectivity index (χ1n) is 26.5. The van der Waals surface area contributed by atoms with E-state index in [1.54, 1.807) is 0 Å². The zero-order chi connectivity index (χ0) is 45.8. The third-order valence-electron chi connectivity index (χ3n) is 11.3. The summed E-state index contributed by atoms with van der Waals surface area (Å²) < 4.78 is 16.8. The molecule has 0 saturated carbocycles. The summed E-state index contributed by atoms with van der Waals surface area (Å²) >= 11 is 0. The minimum Gasteiger partial charge on any atom is -0.462 e. The molecule has 0 bridgehead atoms. The minimum atomic E-state index is -0.800. The van der Waals surface area contributed by atoms with Crippen molar-refractivity contribution in [3.63, 3.8) is 0 Å². The Morgan fingerprint density at radius 3 is 1.00 bits per heavy atom. The van der Waals surface area contributed by atoms with E-state index < -0.39 is 6.10 Å². The Bertz CT molecular complexity index is 1190. The van der Waals surface area contributed by atoms with Crippen molar-refractivity contribution in [1.82, 2.24) is 0 Å². The lowest BCUT2D eigenvalue weighted by Gasteiger charge is -2.18. The maximum atomic E-state index is 12.8. The topological polar surface area (TPSA) is 78.9 Å². The molecule has 0 aromatic heterocycles. The Morgan fingerprint density at radius 1 is 0.333 bits per heavy atom. The van der Waals surface area contributed by atoms with Gasteiger partial charge in [-0.25, -0.2) is 0 Å². The Morgan fingerprint density at radius 2 is 0.619 bits per heavy atom. The highest BCUT2D eigenvalue weighted by atomic mass is 16.6. The third-order valence-corrected chi connectivity index (χ3v) is 11.3. The number of rotatable bonds is 47. The van der Waals surface area contributed by atoms with Crippen molar-refractivity contribution < 1.29 is 28.6 Å². The van der Waals surface area contributed by atoms with Crippen LogP contribution in [0.25, 0.3) is 0 Å². The average molecular weight is 879 g/mol. The van der Waals surface area contributed by atoms with Gasteiger partial charge in [0.1, 0.15) is 13.2 Å². The SMILES string of the molecule is CC\C=C/C=C\C=C/C=C\CCCCCC(=O)OCC(COC(=O)CCCCC/C=C\C=C/CCCCCCCCC)OC(=O)CCCCCCCCCCCCCCCCCC. The van der Waals surface area contributed by atoms with Crippen LogP contribution in [0.4, 0.5) is 0 Å². The lowest BCUT2D eigenvalue weighted by Crippen LogP contribution is -2.30. The molecule has 0 aliphatic rings. The Labute approximate surface area is 389 Å². The lowest BCUT2D eigenvalue weighted by atomic mass is 10.0. The summed E-state index contributed by atoms with van der Waals surface area (Å²) in [6.45, 7) is 6.45. The van der Waals surface area contributed by atoms with Gasteiger partial charge in [0.25, 0.3) is 0 Å². The van der Waals surface area contributed by atoms with Gasteiger partial charge in [0.2, 0.25) is 0 Å². The number of allylic oxidation sites excluding steroid dienone is 12. The number of hydrogen-bond donors (Lipinski definition) is 0. The predicted molar refractivity (Wildman–Crippen MR) is 270 cm³/mol. The maximum absolute atomic E-state index is 12.8. The van der Waals surface area contributed by atoms with Gasteiger partial charge in [-0.1, -0.05) is 241 Å². The molecule has 362 valence electrons. The van der Waals surface area contributed by atoms with Gasteiger partial charge in [-0.2, -0.15) is 0 Å². The van der Waals surface area contributed by atoms with Crippen LogP contribution in [0, 0.1) is 0 Å². The van der Waals surface area contributed by atoms with E-state index in [1.165, 1.54) is 128 Å². The van der Waals surface area contributed by atoms with Gasteiger partial charge in [0.05, 0.1) is 0 Å². The van der Waals surface area contributed by atoms with Crippen molar-refractivity contribution in [3.05, 3.63) is 72.9 Å². The van der Waals surface area contributed by atoms with Crippen molar-refractivity contribution in [3.8, 4) is 0 Å². The van der Waals surface area contributed by atoms with Crippen LogP contribution in [0.2, 0.25) is 0 Å². The van der Waals surface area contributed by atoms with Gasteiger partial charge >= 0.3 is 17.9 Å². The molecule has 0 radical (unpaired) electrons. The molecule has 0 fully saturated rings. The maximum Gasteiger partial charge on any atom is 0.306 e. The highest BCUT2D eigenvalue weighted by Crippen LogP contribution is 2.15. The quantitative estimate of drug-likeness (QED) is 0.0262. The second-order valence-electron chi connectivity index (χ2n) is 17.5. The van der Waals surface area contributed by atoms with Crippen LogP contribution >= 0.6 is 0 Å². The summed E-state index contributed by atoms with van der Waals surface area (Å²) in [6.07, 6.45) is 64.6. The Kier molecular flexibility index (Phi) is 48.9. The van der Waals surface area contributed by atoms with Crippen LogP contribution in [0.5, 0.6) is 0 Å². The molecule has 0 aromatic rings. The third kappa shape index (κ3) is 49.7. The molecule has 6 heteroatoms. The van der Waals surface area contributed by atoms with E-state index in [1.807, 2.05) is 36.5 Å². The summed E-state index contributed by atoms with van der Waals surface area (Å²) in [5.41, 5.74) is 0. The van der Waals surface area contributed by atoms with E-state index in [0.29, 0.717) is 19.3 Å². The molecule has 1 unspecified atom stereocenters. The van der Waals surface area contributed by atoms with E-state index in [-0.39, 0.29) is 31.1 Å². The van der Waals surface area contributed by atoms with Crippen LogP contribution in [0.1, 0.15) is 252 Å². The number of hydrogen-bond acceptors (Lipinski definition) is 6. The molecule has 0 aliphatic heterocycles. The zero-order valence-corrected chi connectivity index (χ0v) is 41.3. The minimum absolute atomic E-state index is 0.100. The normalized spacial score (nSPS) is 12.6. The molecule has 0 aliphatic carbocycles. The van der Waals surface area contributed by atoms with E-state index in [0.717, 1.165) is 83.5 Å². The van der Waals surface area contributed by atoms with Crippen molar-refractivity contribution in [1.29, 1.82) is 0 Å². The summed E-state index contributed by atoms with van der Waals surface area (Å²) in [5.74, 6) is -0.958. The smallest absolute Gasteiger partial charge is 0.306 e. The standard InChI is InChI=1S/C57H98O6/c1-4-7-10-13-16-19-22-25-27-29-32-35-38-41-44-47-50-56(59)62-53-54(52-61-55(58)49-46-43-40-37-34-31-24-21-18-15-12-9-6-3)63-57(60)51-48-45-42-39-36-33-30-28-26-23-20-17-14-11-8-5-2/h9,12,15,18,21,24,27,29,31-32,34-35,54H,4-8,10-11,13-14,16-17,19-20,22-23,25-26,28,30,33,36-53H2,1-3H3/b12-9-,18-15-,24-21-,29-27-,34-31-,35-32-. The Balaban J connectivity index is 4.46. The molecule has 1 atom stereocenters. The zero-order valence-electron chi connectivity index (χ0n) is 41.3. The van der Waals surface area contributed by atoms with Crippen molar-refractivity contribution in [2.75, 3.05) is 13.2 Å². The fraction of sp³-hybridized carbons (Fsp3) is 0.737. The molecule has 0 rings (SSSR count). The van der Waals surface area contributed by atoms with Gasteiger partial charge < -0.3 is 14.2 Å². The fourth-order valence-electron chi connectivity index (χ4n) is 7.33. The number of ether oxygens (including phenoxy) is 3. The Hall–Kier alpha value is -3.15. The number of esters is 3. The number of carbonyl (C=O) groups is 3. The van der Waals surface area contributed by atoms with Crippen LogP contribution in [0.3, 0.4) is 0 Å². The molecule has 0 amide bonds. The van der Waals surface area contributed by atoms with Crippen LogP contribution < -0.4 is 0 Å². The van der Waals surface area contributed by atoms with Gasteiger partial charge in [0.15, 0.2) is 6.10 Å². The van der Waals surface area contributed by atoms with Crippen molar-refractivity contribution >= 4 is 17.9 Å². The molecule has 0 N–H and O–H groups in total. The van der Waals surface area contributed by atoms with Gasteiger partial charge in [-0.05, 0) is 64.2 Å². The van der Waals surface area contributed by atoms with Gasteiger partial charge in [0, 0.05) is 19.3 Å². The van der Waals surface area contributed by atoms with E-state index in [9.17, 15) is 14.4 Å². The molecule has 0 spiro atoms. The molecule has 0 heterocycles. The van der Waals surface area contributed by atoms with Crippen LogP contribution in [0.15, 0.2) is 72.9 Å². The van der Waals surface area contributed by atoms with E-state index >= 15 is 0 Å². The first-order valence-corrected chi connectivity index (χ1v) is 26.5. The van der Waals surface area contributed by atoms with E-state index in [2.05, 4.69) is 57.2 Å². The second kappa shape index (κ2) is 51.5. The monoisotopic (exact) mass is 879 g/mol. The first kappa shape index (κ1) is 59.9. The fourth-order valence-corrected chi connectivity index (χ4v) is 7.33. The lowest BCUT2D eigenvalue weighted by molar-refractivity contribution is -0.167. The van der Waals surface area contributed by atoms with Crippen molar-refractivity contribution in [2.24, 2.45) is 0 Å². The summed E-state index contributed by atoms with van der Waals surface area (Å²) in [5, 5.41) is 0. The van der Waals surface area contributed by atoms with Crippen molar-refractivity contribution in [2.45, 2.75) is 258 Å². The van der Waals surface area contributed by atoms with Gasteiger partial charge in [-0.15, -0.1) is 0 Å². The molecule has 0 saturated heterocycles. The molecule has 6 nitrogen and oxygen atoms in total. The highest BCUT2D eigenvalue weighted by molar-refractivity contribution is 5.71. The number of unbranched alkanes of at least 4 members (excludes halogenated alkanes) is 28. The second-order valence-corrected chi connectivity index (χ2v) is 17.5. The molecular formula is C57H98O6. The van der Waals surface area contributed by atoms with Crippen LogP contribution in [-0.2, 0) is 28.6 Å². The summed E-state index contributed by atoms with van der Waals surface area (Å²) in [4.78, 5) is 38.0. The molecule has 63 heavy (non-hydrogen) atoms.